The van der Waals surface area contributed by atoms with Gasteiger partial charge in [0.25, 0.3) is 0 Å². The number of Topliss-reactive ketones (excluding diaryl/α,β-unsaturated/α-hetero) is 1. The number of rotatable bonds is 8. The summed E-state index contributed by atoms with van der Waals surface area (Å²) in [6.45, 7) is 4.57. The smallest absolute Gasteiger partial charge is 0.247 e. The summed E-state index contributed by atoms with van der Waals surface area (Å²) >= 11 is 0. The first-order valence-electron chi connectivity index (χ1n) is 8.67. The molecule has 0 saturated heterocycles. The van der Waals surface area contributed by atoms with Crippen LogP contribution in [0.4, 0.5) is 0 Å². The minimum Gasteiger partial charge on any atom is -0.457 e. The fourth-order valence-electron chi connectivity index (χ4n) is 2.93. The highest BCUT2D eigenvalue weighted by molar-refractivity contribution is 5.94. The standard InChI is InChI=1S/C20H24N2O3/c1-16-21-18(15-22(16)14-17-8-4-3-5-9-17)19(23)10-6-7-11-20(2)24-12-13-25-20/h3-5,8-9,12-13,15H,6-7,10-11,14H2,1-2H3. The molecule has 1 aromatic heterocycles. The van der Waals surface area contributed by atoms with E-state index in [0.717, 1.165) is 31.6 Å². The fraction of sp³-hybridized carbons (Fsp3) is 0.400. The molecule has 0 bridgehead atoms. The molecule has 0 radical (unpaired) electrons. The molecule has 1 aliphatic heterocycles. The maximum atomic E-state index is 12.4. The van der Waals surface area contributed by atoms with E-state index in [1.54, 1.807) is 12.5 Å². The SMILES string of the molecule is Cc1nc(C(=O)CCCCC2(C)OC=CO2)cn1Cc1ccccc1. The summed E-state index contributed by atoms with van der Waals surface area (Å²) in [6.07, 6.45) is 7.90. The molecule has 0 saturated carbocycles. The number of unbranched alkanes of at least 4 members (excludes halogenated alkanes) is 1. The Balaban J connectivity index is 1.50. The zero-order valence-corrected chi connectivity index (χ0v) is 14.8. The van der Waals surface area contributed by atoms with Crippen molar-refractivity contribution in [1.29, 1.82) is 0 Å². The zero-order chi connectivity index (χ0) is 17.7. The van der Waals surface area contributed by atoms with Crippen LogP contribution < -0.4 is 0 Å². The summed E-state index contributed by atoms with van der Waals surface area (Å²) in [6, 6.07) is 10.2. The van der Waals surface area contributed by atoms with Crippen LogP contribution in [0, 0.1) is 6.92 Å². The highest BCUT2D eigenvalue weighted by Gasteiger charge is 2.28. The van der Waals surface area contributed by atoms with Gasteiger partial charge in [0.2, 0.25) is 5.79 Å². The topological polar surface area (TPSA) is 53.4 Å². The van der Waals surface area contributed by atoms with Crippen LogP contribution in [0.3, 0.4) is 0 Å². The number of aryl methyl sites for hydroxylation is 1. The average molecular weight is 340 g/mol. The lowest BCUT2D eigenvalue weighted by Gasteiger charge is -2.22. The molecule has 0 unspecified atom stereocenters. The summed E-state index contributed by atoms with van der Waals surface area (Å²) in [7, 11) is 0. The van der Waals surface area contributed by atoms with Crippen molar-refractivity contribution in [3.63, 3.8) is 0 Å². The molecule has 0 amide bonds. The number of ketones is 1. The van der Waals surface area contributed by atoms with E-state index in [0.29, 0.717) is 12.1 Å². The van der Waals surface area contributed by atoms with Crippen LogP contribution in [0.15, 0.2) is 49.1 Å². The number of carbonyl (C=O) groups excluding carboxylic acids is 1. The van der Waals surface area contributed by atoms with Crippen LogP contribution in [0.2, 0.25) is 0 Å². The molecule has 3 rings (SSSR count). The molecule has 5 nitrogen and oxygen atoms in total. The molecule has 132 valence electrons. The molecule has 1 aliphatic rings. The van der Waals surface area contributed by atoms with Crippen molar-refractivity contribution < 1.29 is 14.3 Å². The number of hydrogen-bond donors (Lipinski definition) is 0. The van der Waals surface area contributed by atoms with Crippen LogP contribution in [0.25, 0.3) is 0 Å². The first-order valence-corrected chi connectivity index (χ1v) is 8.67. The number of nitrogens with zero attached hydrogens (tertiary/aromatic N) is 2. The summed E-state index contributed by atoms with van der Waals surface area (Å²) < 4.78 is 12.8. The molecule has 2 aromatic rings. The van der Waals surface area contributed by atoms with Gasteiger partial charge in [-0.25, -0.2) is 4.98 Å². The van der Waals surface area contributed by atoms with E-state index < -0.39 is 5.79 Å². The molecule has 0 atom stereocenters. The number of benzene rings is 1. The van der Waals surface area contributed by atoms with Gasteiger partial charge >= 0.3 is 0 Å². The third-order valence-electron chi connectivity index (χ3n) is 4.43. The van der Waals surface area contributed by atoms with Crippen LogP contribution in [0.5, 0.6) is 0 Å². The Labute approximate surface area is 148 Å². The molecule has 2 heterocycles. The van der Waals surface area contributed by atoms with E-state index in [1.165, 1.54) is 5.56 Å². The Morgan fingerprint density at radius 3 is 2.60 bits per heavy atom. The van der Waals surface area contributed by atoms with Gasteiger partial charge in [-0.3, -0.25) is 4.79 Å². The second-order valence-electron chi connectivity index (χ2n) is 6.56. The van der Waals surface area contributed by atoms with Gasteiger partial charge in [0, 0.05) is 32.5 Å². The second kappa shape index (κ2) is 7.55. The van der Waals surface area contributed by atoms with E-state index in [1.807, 2.05) is 42.8 Å². The minimum absolute atomic E-state index is 0.0893. The highest BCUT2D eigenvalue weighted by Crippen LogP contribution is 2.26. The number of aromatic nitrogens is 2. The maximum Gasteiger partial charge on any atom is 0.247 e. The van der Waals surface area contributed by atoms with Gasteiger partial charge in [0.1, 0.15) is 24.0 Å². The Bertz CT molecular complexity index is 742. The molecule has 0 aliphatic carbocycles. The molecular weight excluding hydrogens is 316 g/mol. The molecule has 1 aromatic carbocycles. The van der Waals surface area contributed by atoms with Crippen LogP contribution in [0.1, 0.15) is 54.5 Å². The molecule has 0 N–H and O–H groups in total. The van der Waals surface area contributed by atoms with Gasteiger partial charge in [-0.1, -0.05) is 30.3 Å². The van der Waals surface area contributed by atoms with Crippen molar-refractivity contribution in [3.8, 4) is 0 Å². The van der Waals surface area contributed by atoms with Crippen molar-refractivity contribution in [1.82, 2.24) is 9.55 Å². The fourth-order valence-corrected chi connectivity index (χ4v) is 2.93. The maximum absolute atomic E-state index is 12.4. The number of ether oxygens (including phenoxy) is 2. The average Bonchev–Trinajstić information content (AvgIpc) is 3.19. The lowest BCUT2D eigenvalue weighted by Crippen LogP contribution is -2.24. The number of imidazole rings is 1. The lowest BCUT2D eigenvalue weighted by molar-refractivity contribution is -0.131. The van der Waals surface area contributed by atoms with Crippen LogP contribution in [-0.2, 0) is 16.0 Å². The third-order valence-corrected chi connectivity index (χ3v) is 4.43. The summed E-state index contributed by atoms with van der Waals surface area (Å²) in [5.41, 5.74) is 1.75. The Kier molecular flexibility index (Phi) is 5.22. The first-order chi connectivity index (χ1) is 12.1. The van der Waals surface area contributed by atoms with Crippen LogP contribution >= 0.6 is 0 Å². The first kappa shape index (κ1) is 17.3. The van der Waals surface area contributed by atoms with Crippen molar-refractivity contribution in [3.05, 3.63) is 66.1 Å². The molecule has 0 fully saturated rings. The van der Waals surface area contributed by atoms with Crippen molar-refractivity contribution in [2.75, 3.05) is 0 Å². The third kappa shape index (κ3) is 4.50. The van der Waals surface area contributed by atoms with Gasteiger partial charge in [-0.15, -0.1) is 0 Å². The van der Waals surface area contributed by atoms with E-state index in [2.05, 4.69) is 17.1 Å². The Hall–Kier alpha value is -2.56. The molecular formula is C20H24N2O3. The summed E-state index contributed by atoms with van der Waals surface area (Å²) in [5.74, 6) is 0.377. The highest BCUT2D eigenvalue weighted by atomic mass is 16.7. The Morgan fingerprint density at radius 2 is 1.88 bits per heavy atom. The summed E-state index contributed by atoms with van der Waals surface area (Å²) in [4.78, 5) is 16.8. The molecule has 0 spiro atoms. The zero-order valence-electron chi connectivity index (χ0n) is 14.8. The van der Waals surface area contributed by atoms with Gasteiger partial charge in [0.15, 0.2) is 5.78 Å². The van der Waals surface area contributed by atoms with E-state index in [4.69, 9.17) is 9.47 Å². The normalized spacial score (nSPS) is 15.0. The quantitative estimate of drug-likeness (QED) is 0.533. The predicted molar refractivity (Wildman–Crippen MR) is 95.0 cm³/mol. The van der Waals surface area contributed by atoms with E-state index in [-0.39, 0.29) is 5.78 Å². The molecule has 25 heavy (non-hydrogen) atoms. The number of hydrogen-bond acceptors (Lipinski definition) is 4. The second-order valence-corrected chi connectivity index (χ2v) is 6.56. The minimum atomic E-state index is -0.573. The van der Waals surface area contributed by atoms with Crippen LogP contribution in [-0.4, -0.2) is 21.1 Å². The van der Waals surface area contributed by atoms with Gasteiger partial charge in [-0.2, -0.15) is 0 Å². The van der Waals surface area contributed by atoms with Gasteiger partial charge in [0.05, 0.1) is 0 Å². The largest absolute Gasteiger partial charge is 0.457 e. The molecule has 5 heteroatoms. The predicted octanol–water partition coefficient (Wildman–Crippen LogP) is 4.22. The van der Waals surface area contributed by atoms with Gasteiger partial charge in [-0.05, 0) is 25.3 Å². The lowest BCUT2D eigenvalue weighted by atomic mass is 10.1. The van der Waals surface area contributed by atoms with Crippen molar-refractivity contribution >= 4 is 5.78 Å². The van der Waals surface area contributed by atoms with E-state index >= 15 is 0 Å². The van der Waals surface area contributed by atoms with E-state index in [9.17, 15) is 4.79 Å². The van der Waals surface area contributed by atoms with Crippen molar-refractivity contribution in [2.45, 2.75) is 51.9 Å². The monoisotopic (exact) mass is 340 g/mol. The summed E-state index contributed by atoms with van der Waals surface area (Å²) in [5, 5.41) is 0. The van der Waals surface area contributed by atoms with Gasteiger partial charge < -0.3 is 14.0 Å². The Morgan fingerprint density at radius 1 is 1.16 bits per heavy atom. The van der Waals surface area contributed by atoms with Crippen molar-refractivity contribution in [2.24, 2.45) is 0 Å². The number of carbonyl (C=O) groups is 1.